The number of hydrogen-bond acceptors (Lipinski definition) is 5. The molecule has 3 aromatic rings. The molecule has 0 fully saturated rings. The molecule has 0 aliphatic rings. The summed E-state index contributed by atoms with van der Waals surface area (Å²) >= 11 is 1.67. The van der Waals surface area contributed by atoms with Gasteiger partial charge in [0.05, 0.1) is 11.0 Å². The van der Waals surface area contributed by atoms with E-state index < -0.39 is 0 Å². The van der Waals surface area contributed by atoms with Crippen molar-refractivity contribution < 1.29 is 13.9 Å². The molecule has 2 aromatic heterocycles. The van der Waals surface area contributed by atoms with Gasteiger partial charge in [-0.3, -0.25) is 0 Å². The van der Waals surface area contributed by atoms with Gasteiger partial charge in [0.2, 0.25) is 0 Å². The summed E-state index contributed by atoms with van der Waals surface area (Å²) in [4.78, 5) is 1.13. The lowest BCUT2D eigenvalue weighted by Gasteiger charge is -2.17. The monoisotopic (exact) mass is 371 g/mol. The van der Waals surface area contributed by atoms with E-state index >= 15 is 0 Å². The number of aryl methyl sites for hydroxylation is 1. The Balaban J connectivity index is 1.63. The zero-order valence-corrected chi connectivity index (χ0v) is 16.1. The van der Waals surface area contributed by atoms with Crippen LogP contribution in [-0.4, -0.2) is 13.2 Å². The van der Waals surface area contributed by atoms with Crippen molar-refractivity contribution in [1.82, 2.24) is 0 Å². The lowest BCUT2D eigenvalue weighted by molar-refractivity contribution is 0.0580. The quantitative estimate of drug-likeness (QED) is 0.553. The highest BCUT2D eigenvalue weighted by molar-refractivity contribution is 7.13. The fourth-order valence-electron chi connectivity index (χ4n) is 2.84. The van der Waals surface area contributed by atoms with E-state index in [4.69, 9.17) is 19.6 Å². The average molecular weight is 372 g/mol. The second-order valence-corrected chi connectivity index (χ2v) is 7.00. The number of thiophene rings is 1. The fourth-order valence-corrected chi connectivity index (χ4v) is 3.52. The molecule has 2 N–H and O–H groups in total. The van der Waals surface area contributed by atoms with Crippen LogP contribution in [0.1, 0.15) is 36.3 Å². The highest BCUT2D eigenvalue weighted by atomic mass is 32.1. The summed E-state index contributed by atoms with van der Waals surface area (Å²) in [7, 11) is 0. The molecule has 5 heteroatoms. The van der Waals surface area contributed by atoms with Crippen LogP contribution in [0.3, 0.4) is 0 Å². The van der Waals surface area contributed by atoms with Crippen molar-refractivity contribution in [2.24, 2.45) is 5.73 Å². The van der Waals surface area contributed by atoms with Crippen LogP contribution in [0.2, 0.25) is 0 Å². The van der Waals surface area contributed by atoms with Gasteiger partial charge in [0.15, 0.2) is 0 Å². The average Bonchev–Trinajstić information content (AvgIpc) is 3.30. The Morgan fingerprint density at radius 2 is 2.00 bits per heavy atom. The Kier molecular flexibility index (Phi) is 6.50. The molecule has 2 heterocycles. The van der Waals surface area contributed by atoms with Crippen molar-refractivity contribution in [3.63, 3.8) is 0 Å². The minimum Gasteiger partial charge on any atom is -0.489 e. The zero-order chi connectivity index (χ0) is 18.4. The summed E-state index contributed by atoms with van der Waals surface area (Å²) in [5, 5.41) is 2.05. The molecule has 1 atom stereocenters. The Morgan fingerprint density at radius 1 is 1.19 bits per heavy atom. The van der Waals surface area contributed by atoms with Crippen molar-refractivity contribution in [3.8, 4) is 16.4 Å². The number of furan rings is 1. The van der Waals surface area contributed by atoms with Gasteiger partial charge >= 0.3 is 0 Å². The predicted molar refractivity (Wildman–Crippen MR) is 106 cm³/mol. The number of nitrogens with two attached hydrogens (primary N) is 1. The van der Waals surface area contributed by atoms with Crippen LogP contribution >= 0.6 is 11.3 Å². The fraction of sp³-hybridized carbons (Fsp3) is 0.333. The molecule has 1 aromatic carbocycles. The molecule has 0 spiro atoms. The van der Waals surface area contributed by atoms with Crippen LogP contribution in [0.4, 0.5) is 0 Å². The summed E-state index contributed by atoms with van der Waals surface area (Å²) in [5.74, 6) is 2.62. The largest absolute Gasteiger partial charge is 0.489 e. The normalized spacial score (nSPS) is 12.3. The molecule has 0 saturated carbocycles. The van der Waals surface area contributed by atoms with Crippen molar-refractivity contribution in [1.29, 1.82) is 0 Å². The van der Waals surface area contributed by atoms with Gasteiger partial charge < -0.3 is 19.6 Å². The number of rotatable bonds is 9. The van der Waals surface area contributed by atoms with Crippen LogP contribution < -0.4 is 10.5 Å². The van der Waals surface area contributed by atoms with E-state index in [0.29, 0.717) is 19.8 Å². The minimum absolute atomic E-state index is 0.0449. The Morgan fingerprint density at radius 3 is 2.65 bits per heavy atom. The van der Waals surface area contributed by atoms with E-state index in [9.17, 15) is 0 Å². The van der Waals surface area contributed by atoms with Crippen LogP contribution in [0.25, 0.3) is 10.6 Å². The van der Waals surface area contributed by atoms with Gasteiger partial charge in [-0.05, 0) is 62.0 Å². The number of hydrogen-bond donors (Lipinski definition) is 1. The highest BCUT2D eigenvalue weighted by Crippen LogP contribution is 2.30. The first-order valence-corrected chi connectivity index (χ1v) is 9.76. The smallest absolute Gasteiger partial charge is 0.144 e. The predicted octanol–water partition coefficient (Wildman–Crippen LogP) is 5.32. The number of benzene rings is 1. The molecule has 3 rings (SSSR count). The molecule has 0 saturated heterocycles. The third-order valence-electron chi connectivity index (χ3n) is 4.23. The standard InChI is InChI=1S/C21H25NO3S/c1-3-23-19(10-11-22)16-6-8-18(9-7-16)24-14-17-13-20(25-15(17)2)21-5-4-12-26-21/h4-9,12-13,19H,3,10-11,14,22H2,1-2H3. The van der Waals surface area contributed by atoms with Crippen LogP contribution in [0, 0.1) is 6.92 Å². The molecule has 0 radical (unpaired) electrons. The molecule has 0 aliphatic carbocycles. The molecule has 0 bridgehead atoms. The summed E-state index contributed by atoms with van der Waals surface area (Å²) in [6.07, 6.45) is 0.858. The Bertz CT molecular complexity index is 787. The lowest BCUT2D eigenvalue weighted by Crippen LogP contribution is -2.10. The third kappa shape index (κ3) is 4.55. The van der Waals surface area contributed by atoms with Gasteiger partial charge in [-0.15, -0.1) is 11.3 Å². The third-order valence-corrected chi connectivity index (χ3v) is 5.11. The topological polar surface area (TPSA) is 57.6 Å². The van der Waals surface area contributed by atoms with E-state index in [1.807, 2.05) is 49.6 Å². The van der Waals surface area contributed by atoms with Gasteiger partial charge in [0, 0.05) is 12.2 Å². The van der Waals surface area contributed by atoms with Crippen molar-refractivity contribution >= 4 is 11.3 Å². The second kappa shape index (κ2) is 9.03. The molecule has 4 nitrogen and oxygen atoms in total. The summed E-state index contributed by atoms with van der Waals surface area (Å²) in [6.45, 7) is 5.74. The first-order valence-electron chi connectivity index (χ1n) is 8.89. The van der Waals surface area contributed by atoms with Crippen molar-refractivity contribution in [2.45, 2.75) is 33.0 Å². The highest BCUT2D eigenvalue weighted by Gasteiger charge is 2.12. The van der Waals surface area contributed by atoms with Gasteiger partial charge in [-0.2, -0.15) is 0 Å². The number of ether oxygens (including phenoxy) is 2. The maximum atomic E-state index is 5.94. The van der Waals surface area contributed by atoms with Crippen LogP contribution in [-0.2, 0) is 11.3 Å². The maximum Gasteiger partial charge on any atom is 0.144 e. The molecule has 138 valence electrons. The van der Waals surface area contributed by atoms with E-state index in [-0.39, 0.29) is 6.10 Å². The van der Waals surface area contributed by atoms with Gasteiger partial charge in [0.1, 0.15) is 23.9 Å². The maximum absolute atomic E-state index is 5.94. The van der Waals surface area contributed by atoms with E-state index in [2.05, 4.69) is 12.1 Å². The van der Waals surface area contributed by atoms with E-state index in [1.165, 1.54) is 0 Å². The summed E-state index contributed by atoms with van der Waals surface area (Å²) in [6, 6.07) is 14.2. The van der Waals surface area contributed by atoms with Gasteiger partial charge in [-0.1, -0.05) is 18.2 Å². The van der Waals surface area contributed by atoms with Crippen LogP contribution in [0.5, 0.6) is 5.75 Å². The molecule has 0 aliphatic heterocycles. The minimum atomic E-state index is 0.0449. The first kappa shape index (κ1) is 18.7. The summed E-state index contributed by atoms with van der Waals surface area (Å²) < 4.78 is 17.5. The zero-order valence-electron chi connectivity index (χ0n) is 15.2. The SMILES string of the molecule is CCOC(CCN)c1ccc(OCc2cc(-c3cccs3)oc2C)cc1. The van der Waals surface area contributed by atoms with Crippen LogP contribution in [0.15, 0.2) is 52.3 Å². The van der Waals surface area contributed by atoms with E-state index in [0.717, 1.165) is 39.7 Å². The van der Waals surface area contributed by atoms with Crippen molar-refractivity contribution in [2.75, 3.05) is 13.2 Å². The second-order valence-electron chi connectivity index (χ2n) is 6.05. The molecular weight excluding hydrogens is 346 g/mol. The Labute approximate surface area is 158 Å². The Hall–Kier alpha value is -2.08. The molecule has 0 amide bonds. The van der Waals surface area contributed by atoms with Crippen molar-refractivity contribution in [3.05, 3.63) is 64.7 Å². The van der Waals surface area contributed by atoms with Gasteiger partial charge in [-0.25, -0.2) is 0 Å². The van der Waals surface area contributed by atoms with Gasteiger partial charge in [0.25, 0.3) is 0 Å². The first-order chi connectivity index (χ1) is 12.7. The lowest BCUT2D eigenvalue weighted by atomic mass is 10.1. The van der Waals surface area contributed by atoms with E-state index in [1.54, 1.807) is 11.3 Å². The molecule has 26 heavy (non-hydrogen) atoms. The summed E-state index contributed by atoms with van der Waals surface area (Å²) in [5.41, 5.74) is 7.87. The molecular formula is C21H25NO3S. The molecule has 1 unspecified atom stereocenters.